The molecule has 0 aliphatic carbocycles. The number of furan rings is 1. The van der Waals surface area contributed by atoms with Gasteiger partial charge in [-0.1, -0.05) is 36.9 Å². The highest BCUT2D eigenvalue weighted by Crippen LogP contribution is 2.33. The summed E-state index contributed by atoms with van der Waals surface area (Å²) in [5, 5.41) is 15.0. The Morgan fingerprint density at radius 1 is 1.21 bits per heavy atom. The van der Waals surface area contributed by atoms with E-state index in [9.17, 15) is 14.9 Å². The third-order valence-corrected chi connectivity index (χ3v) is 5.19. The van der Waals surface area contributed by atoms with Gasteiger partial charge in [0.1, 0.15) is 22.0 Å². The second-order valence-corrected chi connectivity index (χ2v) is 7.18. The Labute approximate surface area is 169 Å². The van der Waals surface area contributed by atoms with Crippen molar-refractivity contribution in [1.82, 2.24) is 9.97 Å². The van der Waals surface area contributed by atoms with E-state index in [1.165, 1.54) is 30.0 Å². The van der Waals surface area contributed by atoms with Gasteiger partial charge in [-0.15, -0.1) is 0 Å². The Morgan fingerprint density at radius 2 is 2.03 bits per heavy atom. The molecule has 0 radical (unpaired) electrons. The Kier molecular flexibility index (Phi) is 5.13. The molecule has 0 saturated heterocycles. The first-order chi connectivity index (χ1) is 14.0. The lowest BCUT2D eigenvalue weighted by atomic mass is 10.2. The van der Waals surface area contributed by atoms with Gasteiger partial charge in [0.05, 0.1) is 10.7 Å². The minimum Gasteiger partial charge on any atom is -0.451 e. The van der Waals surface area contributed by atoms with E-state index in [2.05, 4.69) is 15.3 Å². The lowest BCUT2D eigenvalue weighted by Crippen LogP contribution is -2.14. The molecular formula is C20H16N4O4S. The molecule has 4 rings (SSSR count). The number of aromatic nitrogens is 2. The van der Waals surface area contributed by atoms with Gasteiger partial charge in [0, 0.05) is 29.6 Å². The Morgan fingerprint density at radius 3 is 2.83 bits per heavy atom. The summed E-state index contributed by atoms with van der Waals surface area (Å²) >= 11 is 1.24. The lowest BCUT2D eigenvalue weighted by molar-refractivity contribution is -0.384. The maximum absolute atomic E-state index is 12.4. The van der Waals surface area contributed by atoms with Gasteiger partial charge in [-0.05, 0) is 18.2 Å². The smallest absolute Gasteiger partial charge is 0.271 e. The summed E-state index contributed by atoms with van der Waals surface area (Å²) in [6, 6.07) is 13.4. The lowest BCUT2D eigenvalue weighted by Gasteiger charge is -2.06. The number of para-hydroxylation sites is 1. The number of nitrogens with one attached hydrogen (secondary N) is 1. The molecular weight excluding hydrogens is 392 g/mol. The first kappa shape index (κ1) is 18.9. The number of anilines is 1. The molecule has 0 spiro atoms. The van der Waals surface area contributed by atoms with Crippen molar-refractivity contribution in [2.75, 3.05) is 11.1 Å². The maximum atomic E-state index is 12.4. The molecule has 2 aromatic carbocycles. The largest absolute Gasteiger partial charge is 0.451 e. The Hall–Kier alpha value is -3.46. The minimum atomic E-state index is -0.504. The fourth-order valence-electron chi connectivity index (χ4n) is 2.89. The number of nitrogens with zero attached hydrogens (tertiary/aromatic N) is 3. The highest BCUT2D eigenvalue weighted by molar-refractivity contribution is 8.00. The van der Waals surface area contributed by atoms with E-state index >= 15 is 0 Å². The van der Waals surface area contributed by atoms with Crippen LogP contribution in [0.2, 0.25) is 0 Å². The van der Waals surface area contributed by atoms with E-state index in [1.54, 1.807) is 6.07 Å². The quantitative estimate of drug-likeness (QED) is 0.215. The predicted octanol–water partition coefficient (Wildman–Crippen LogP) is 4.58. The molecule has 1 N–H and O–H groups in total. The van der Waals surface area contributed by atoms with Crippen LogP contribution in [-0.2, 0) is 11.2 Å². The number of carbonyl (C=O) groups is 1. The number of non-ortho nitro benzene ring substituents is 1. The van der Waals surface area contributed by atoms with Crippen molar-refractivity contribution in [2.45, 2.75) is 18.4 Å². The first-order valence-corrected chi connectivity index (χ1v) is 9.89. The van der Waals surface area contributed by atoms with Crippen molar-refractivity contribution in [3.63, 3.8) is 0 Å². The number of thioether (sulfide) groups is 1. The number of nitro groups is 1. The van der Waals surface area contributed by atoms with Crippen molar-refractivity contribution < 1.29 is 14.1 Å². The van der Waals surface area contributed by atoms with Crippen LogP contribution in [0, 0.1) is 10.1 Å². The normalized spacial score (nSPS) is 11.1. The molecule has 0 atom stereocenters. The topological polar surface area (TPSA) is 111 Å². The highest BCUT2D eigenvalue weighted by atomic mass is 32.2. The number of benzene rings is 2. The average Bonchev–Trinajstić information content (AvgIpc) is 3.11. The van der Waals surface area contributed by atoms with E-state index < -0.39 is 4.92 Å². The second kappa shape index (κ2) is 7.88. The molecule has 2 heterocycles. The van der Waals surface area contributed by atoms with Gasteiger partial charge in [0.2, 0.25) is 5.91 Å². The molecule has 0 aliphatic heterocycles. The minimum absolute atomic E-state index is 0.0784. The summed E-state index contributed by atoms with van der Waals surface area (Å²) in [7, 11) is 0. The van der Waals surface area contributed by atoms with Crippen molar-refractivity contribution >= 4 is 51.1 Å². The number of rotatable bonds is 6. The molecule has 8 nitrogen and oxygen atoms in total. The first-order valence-electron chi connectivity index (χ1n) is 8.90. The van der Waals surface area contributed by atoms with Crippen molar-refractivity contribution in [3.05, 3.63) is 64.5 Å². The molecule has 0 fully saturated rings. The van der Waals surface area contributed by atoms with Crippen molar-refractivity contribution in [3.8, 4) is 0 Å². The monoisotopic (exact) mass is 408 g/mol. The summed E-state index contributed by atoms with van der Waals surface area (Å²) in [6.45, 7) is 1.97. The molecule has 2 aromatic heterocycles. The number of fused-ring (bicyclic) bond motifs is 3. The third-order valence-electron chi connectivity index (χ3n) is 4.23. The third kappa shape index (κ3) is 3.90. The van der Waals surface area contributed by atoms with E-state index in [0.717, 1.165) is 10.9 Å². The second-order valence-electron chi connectivity index (χ2n) is 6.22. The van der Waals surface area contributed by atoms with Crippen molar-refractivity contribution in [1.29, 1.82) is 0 Å². The standard InChI is InChI=1S/C20H16N4O4S/c1-2-16-22-18-14-8-3-4-9-15(14)28-19(18)20(23-16)29-11-17(25)21-12-6-5-7-13(10-12)24(26)27/h3-10H,2,11H2,1H3,(H,21,25). The summed E-state index contributed by atoms with van der Waals surface area (Å²) < 4.78 is 5.92. The van der Waals surface area contributed by atoms with Crippen LogP contribution in [0.25, 0.3) is 22.1 Å². The van der Waals surface area contributed by atoms with E-state index in [1.807, 2.05) is 31.2 Å². The molecule has 4 aromatic rings. The maximum Gasteiger partial charge on any atom is 0.271 e. The fraction of sp³-hybridized carbons (Fsp3) is 0.150. The highest BCUT2D eigenvalue weighted by Gasteiger charge is 2.17. The molecule has 9 heteroatoms. The number of hydrogen-bond acceptors (Lipinski definition) is 7. The van der Waals surface area contributed by atoms with Gasteiger partial charge in [-0.2, -0.15) is 0 Å². The van der Waals surface area contributed by atoms with Gasteiger partial charge in [0.15, 0.2) is 5.58 Å². The zero-order valence-electron chi connectivity index (χ0n) is 15.4. The number of carbonyl (C=O) groups excluding carboxylic acids is 1. The molecule has 0 aliphatic rings. The number of aryl methyl sites for hydroxylation is 1. The fourth-order valence-corrected chi connectivity index (χ4v) is 3.67. The van der Waals surface area contributed by atoms with Gasteiger partial charge in [-0.3, -0.25) is 14.9 Å². The van der Waals surface area contributed by atoms with Crippen LogP contribution in [0.5, 0.6) is 0 Å². The number of nitro benzene ring substituents is 1. The van der Waals surface area contributed by atoms with Crippen LogP contribution in [0.4, 0.5) is 11.4 Å². The molecule has 0 unspecified atom stereocenters. The average molecular weight is 408 g/mol. The Bertz CT molecular complexity index is 1240. The van der Waals surface area contributed by atoms with Gasteiger partial charge >= 0.3 is 0 Å². The molecule has 0 saturated carbocycles. The van der Waals surface area contributed by atoms with Crippen LogP contribution in [0.15, 0.2) is 58.0 Å². The van der Waals surface area contributed by atoms with E-state index in [4.69, 9.17) is 4.42 Å². The van der Waals surface area contributed by atoms with Gasteiger partial charge < -0.3 is 9.73 Å². The van der Waals surface area contributed by atoms with Crippen LogP contribution in [0.1, 0.15) is 12.7 Å². The number of hydrogen-bond donors (Lipinski definition) is 1. The van der Waals surface area contributed by atoms with Crippen LogP contribution < -0.4 is 5.32 Å². The van der Waals surface area contributed by atoms with Crippen LogP contribution in [0.3, 0.4) is 0 Å². The van der Waals surface area contributed by atoms with Crippen molar-refractivity contribution in [2.24, 2.45) is 0 Å². The zero-order chi connectivity index (χ0) is 20.4. The van der Waals surface area contributed by atoms with Crippen LogP contribution in [-0.4, -0.2) is 26.6 Å². The van der Waals surface area contributed by atoms with E-state index in [-0.39, 0.29) is 17.3 Å². The summed E-state index contributed by atoms with van der Waals surface area (Å²) in [4.78, 5) is 31.8. The number of amides is 1. The van der Waals surface area contributed by atoms with Crippen LogP contribution >= 0.6 is 11.8 Å². The zero-order valence-corrected chi connectivity index (χ0v) is 16.2. The summed E-state index contributed by atoms with van der Waals surface area (Å²) in [6.07, 6.45) is 0.656. The Balaban J connectivity index is 1.57. The molecule has 1 amide bonds. The molecule has 29 heavy (non-hydrogen) atoms. The summed E-state index contributed by atoms with van der Waals surface area (Å²) in [5.41, 5.74) is 2.29. The molecule has 146 valence electrons. The molecule has 0 bridgehead atoms. The van der Waals surface area contributed by atoms with Gasteiger partial charge in [0.25, 0.3) is 5.69 Å². The van der Waals surface area contributed by atoms with E-state index in [0.29, 0.717) is 34.1 Å². The van der Waals surface area contributed by atoms with Gasteiger partial charge in [-0.25, -0.2) is 9.97 Å². The predicted molar refractivity (Wildman–Crippen MR) is 111 cm³/mol. The SMILES string of the molecule is CCc1nc(SCC(=O)Nc2cccc([N+](=O)[O-])c2)c2oc3ccccc3c2n1. The summed E-state index contributed by atoms with van der Waals surface area (Å²) in [5.74, 6) is 0.455.